The van der Waals surface area contributed by atoms with Gasteiger partial charge >= 0.3 is 0 Å². The Balaban J connectivity index is 1.45. The number of anilines is 1. The molecule has 156 valence electrons. The molecule has 0 spiro atoms. The molecule has 2 aromatic heterocycles. The third kappa shape index (κ3) is 4.36. The third-order valence-electron chi connectivity index (χ3n) is 4.89. The average Bonchev–Trinajstić information content (AvgIpc) is 3.41. The Morgan fingerprint density at radius 3 is 2.63 bits per heavy atom. The van der Waals surface area contributed by atoms with Crippen LogP contribution in [-0.4, -0.2) is 45.4 Å². The molecule has 7 nitrogen and oxygen atoms in total. The average molecular weight is 443 g/mol. The molecule has 4 rings (SSSR count). The van der Waals surface area contributed by atoms with E-state index in [1.165, 1.54) is 18.3 Å². The monoisotopic (exact) mass is 442 g/mol. The summed E-state index contributed by atoms with van der Waals surface area (Å²) in [6, 6.07) is 8.85. The first-order chi connectivity index (χ1) is 14.4. The second-order valence-corrected chi connectivity index (χ2v) is 9.21. The molecule has 1 aliphatic heterocycles. The number of para-hydroxylation sites is 1. The van der Waals surface area contributed by atoms with Crippen molar-refractivity contribution in [1.82, 2.24) is 14.9 Å². The minimum absolute atomic E-state index is 0.148. The highest BCUT2D eigenvalue weighted by molar-refractivity contribution is 7.16. The maximum atomic E-state index is 12.9. The number of carbonyl (C=O) groups is 2. The van der Waals surface area contributed by atoms with Crippen molar-refractivity contribution in [3.05, 3.63) is 46.4 Å². The van der Waals surface area contributed by atoms with Crippen LogP contribution in [0.4, 0.5) is 5.13 Å². The molecule has 0 unspecified atom stereocenters. The number of likely N-dealkylation sites (tertiary alicyclic amines) is 1. The number of hydrogen-bond acceptors (Lipinski definition) is 7. The van der Waals surface area contributed by atoms with Gasteiger partial charge in [0, 0.05) is 18.7 Å². The summed E-state index contributed by atoms with van der Waals surface area (Å²) < 4.78 is 5.97. The zero-order valence-electron chi connectivity index (χ0n) is 16.9. The molecular formula is C21H22N4O3S2. The fourth-order valence-electron chi connectivity index (χ4n) is 3.56. The van der Waals surface area contributed by atoms with Gasteiger partial charge in [-0.3, -0.25) is 9.59 Å². The third-order valence-corrected chi connectivity index (χ3v) is 6.74. The van der Waals surface area contributed by atoms with Gasteiger partial charge in [0.2, 0.25) is 11.8 Å². The van der Waals surface area contributed by atoms with Crippen LogP contribution < -0.4 is 10.1 Å². The van der Waals surface area contributed by atoms with E-state index in [9.17, 15) is 9.59 Å². The van der Waals surface area contributed by atoms with Crippen molar-refractivity contribution < 1.29 is 14.3 Å². The predicted octanol–water partition coefficient (Wildman–Crippen LogP) is 3.89. The van der Waals surface area contributed by atoms with Gasteiger partial charge in [-0.2, -0.15) is 0 Å². The van der Waals surface area contributed by atoms with Crippen LogP contribution in [0.5, 0.6) is 5.75 Å². The molecule has 30 heavy (non-hydrogen) atoms. The van der Waals surface area contributed by atoms with Gasteiger partial charge in [0.15, 0.2) is 5.13 Å². The molecule has 2 atom stereocenters. The van der Waals surface area contributed by atoms with Crippen molar-refractivity contribution in [1.29, 1.82) is 0 Å². The summed E-state index contributed by atoms with van der Waals surface area (Å²) in [4.78, 5) is 36.6. The van der Waals surface area contributed by atoms with Crippen molar-refractivity contribution in [3.8, 4) is 16.3 Å². The molecule has 3 aromatic rings. The van der Waals surface area contributed by atoms with Gasteiger partial charge in [-0.25, -0.2) is 9.97 Å². The molecular weight excluding hydrogens is 420 g/mol. The van der Waals surface area contributed by atoms with Gasteiger partial charge in [0.25, 0.3) is 0 Å². The Kier molecular flexibility index (Phi) is 5.83. The number of thiazole rings is 2. The Hall–Kier alpha value is -2.78. The van der Waals surface area contributed by atoms with E-state index in [-0.39, 0.29) is 17.9 Å². The van der Waals surface area contributed by atoms with Crippen LogP contribution in [0.15, 0.2) is 35.7 Å². The molecule has 1 fully saturated rings. The first-order valence-electron chi connectivity index (χ1n) is 9.60. The summed E-state index contributed by atoms with van der Waals surface area (Å²) in [5.41, 5.74) is 1.73. The maximum absolute atomic E-state index is 12.9. The normalized spacial score (nSPS) is 18.4. The summed E-state index contributed by atoms with van der Waals surface area (Å²) in [6.07, 6.45) is 0.202. The van der Waals surface area contributed by atoms with Crippen LogP contribution in [0.2, 0.25) is 0 Å². The number of ether oxygens (including phenoxy) is 1. The first kappa shape index (κ1) is 20.5. The Morgan fingerprint density at radius 2 is 1.97 bits per heavy atom. The highest BCUT2D eigenvalue weighted by atomic mass is 32.1. The molecule has 3 heterocycles. The fraction of sp³-hybridized carbons (Fsp3) is 0.333. The van der Waals surface area contributed by atoms with Gasteiger partial charge in [-0.05, 0) is 26.0 Å². The largest absolute Gasteiger partial charge is 0.488 e. The minimum Gasteiger partial charge on any atom is -0.488 e. The van der Waals surface area contributed by atoms with Crippen LogP contribution in [0.3, 0.4) is 0 Å². The van der Waals surface area contributed by atoms with Crippen molar-refractivity contribution in [2.75, 3.05) is 11.9 Å². The highest BCUT2D eigenvalue weighted by Gasteiger charge is 2.39. The van der Waals surface area contributed by atoms with Crippen LogP contribution in [0.25, 0.3) is 10.6 Å². The number of aryl methyl sites for hydroxylation is 2. The Bertz CT molecular complexity index is 1060. The van der Waals surface area contributed by atoms with E-state index in [1.54, 1.807) is 16.2 Å². The molecule has 1 N–H and O–H groups in total. The zero-order chi connectivity index (χ0) is 21.3. The van der Waals surface area contributed by atoms with E-state index in [4.69, 9.17) is 4.74 Å². The summed E-state index contributed by atoms with van der Waals surface area (Å²) in [6.45, 7) is 5.76. The lowest BCUT2D eigenvalue weighted by atomic mass is 10.2. The van der Waals surface area contributed by atoms with Gasteiger partial charge < -0.3 is 15.0 Å². The van der Waals surface area contributed by atoms with Crippen molar-refractivity contribution >= 4 is 39.6 Å². The maximum Gasteiger partial charge on any atom is 0.249 e. The van der Waals surface area contributed by atoms with E-state index in [0.717, 1.165) is 27.0 Å². The second kappa shape index (κ2) is 8.53. The number of nitrogens with zero attached hydrogens (tertiary/aromatic N) is 3. The molecule has 9 heteroatoms. The summed E-state index contributed by atoms with van der Waals surface area (Å²) >= 11 is 2.95. The molecule has 1 saturated heterocycles. The van der Waals surface area contributed by atoms with Crippen LogP contribution in [0, 0.1) is 13.8 Å². The quantitative estimate of drug-likeness (QED) is 0.648. The van der Waals surface area contributed by atoms with E-state index in [0.29, 0.717) is 18.1 Å². The molecule has 0 bridgehead atoms. The topological polar surface area (TPSA) is 84.4 Å². The van der Waals surface area contributed by atoms with E-state index in [1.807, 2.05) is 49.6 Å². The number of rotatable bonds is 5. The second-order valence-electron chi connectivity index (χ2n) is 7.15. The smallest absolute Gasteiger partial charge is 0.249 e. The number of nitrogens with one attached hydrogen (secondary N) is 1. The number of hydrogen-bond donors (Lipinski definition) is 1. The standard InChI is InChI=1S/C21H22N4O3S2/c1-12-19(30-13(2)22-12)17-11-29-21(23-17)24-20(27)18-9-16(10-25(18)14(3)26)28-15-7-5-4-6-8-15/h4-8,11,16,18H,9-10H2,1-3H3,(H,23,24,27)/t16-,18+/m1/s1. The zero-order valence-corrected chi connectivity index (χ0v) is 18.5. The van der Waals surface area contributed by atoms with Crippen molar-refractivity contribution in [2.24, 2.45) is 0 Å². The Labute approximate surface area is 182 Å². The summed E-state index contributed by atoms with van der Waals surface area (Å²) in [5, 5.41) is 6.27. The number of aromatic nitrogens is 2. The fourth-order valence-corrected chi connectivity index (χ4v) is 5.22. The SMILES string of the molecule is CC(=O)N1C[C@H](Oc2ccccc2)C[C@H]1C(=O)Nc1nc(-c2sc(C)nc2C)cs1. The first-order valence-corrected chi connectivity index (χ1v) is 11.3. The lowest BCUT2D eigenvalue weighted by Crippen LogP contribution is -2.42. The minimum atomic E-state index is -0.587. The molecule has 0 radical (unpaired) electrons. The molecule has 1 aromatic carbocycles. The van der Waals surface area contributed by atoms with Crippen LogP contribution in [-0.2, 0) is 9.59 Å². The van der Waals surface area contributed by atoms with Gasteiger partial charge in [-0.15, -0.1) is 22.7 Å². The summed E-state index contributed by atoms with van der Waals surface area (Å²) in [7, 11) is 0. The van der Waals surface area contributed by atoms with Gasteiger partial charge in [-0.1, -0.05) is 18.2 Å². The molecule has 0 aliphatic carbocycles. The lowest BCUT2D eigenvalue weighted by Gasteiger charge is -2.21. The van der Waals surface area contributed by atoms with Crippen LogP contribution in [0.1, 0.15) is 24.0 Å². The van der Waals surface area contributed by atoms with Gasteiger partial charge in [0.05, 0.1) is 27.8 Å². The molecule has 1 aliphatic rings. The van der Waals surface area contributed by atoms with E-state index < -0.39 is 6.04 Å². The van der Waals surface area contributed by atoms with E-state index in [2.05, 4.69) is 15.3 Å². The highest BCUT2D eigenvalue weighted by Crippen LogP contribution is 2.32. The number of amides is 2. The molecule has 2 amide bonds. The van der Waals surface area contributed by atoms with Gasteiger partial charge in [0.1, 0.15) is 17.9 Å². The number of carbonyl (C=O) groups excluding carboxylic acids is 2. The van der Waals surface area contributed by atoms with Crippen molar-refractivity contribution in [2.45, 2.75) is 39.3 Å². The lowest BCUT2D eigenvalue weighted by molar-refractivity contribution is -0.134. The predicted molar refractivity (Wildman–Crippen MR) is 118 cm³/mol. The van der Waals surface area contributed by atoms with Crippen LogP contribution >= 0.6 is 22.7 Å². The Morgan fingerprint density at radius 1 is 1.20 bits per heavy atom. The number of benzene rings is 1. The van der Waals surface area contributed by atoms with E-state index >= 15 is 0 Å². The van der Waals surface area contributed by atoms with Crippen molar-refractivity contribution in [3.63, 3.8) is 0 Å². The molecule has 0 saturated carbocycles. The summed E-state index contributed by atoms with van der Waals surface area (Å²) in [5.74, 6) is 0.333.